The van der Waals surface area contributed by atoms with Crippen molar-refractivity contribution in [3.8, 4) is 11.1 Å². The lowest BCUT2D eigenvalue weighted by atomic mass is 9.98. The average Bonchev–Trinajstić information content (AvgIpc) is 3.14. The molecule has 1 aliphatic carbocycles. The van der Waals surface area contributed by atoms with E-state index in [1.54, 1.807) is 0 Å². The highest BCUT2D eigenvalue weighted by Gasteiger charge is 2.30. The monoisotopic (exact) mass is 452 g/mol. The Hall–Kier alpha value is -3.35. The normalized spacial score (nSPS) is 15.0. The van der Waals surface area contributed by atoms with Gasteiger partial charge in [-0.3, -0.25) is 9.59 Å². The van der Waals surface area contributed by atoms with Crippen molar-refractivity contribution in [1.82, 2.24) is 10.6 Å². The molecule has 3 atom stereocenters. The summed E-state index contributed by atoms with van der Waals surface area (Å²) in [6.45, 7) is 5.69. The zero-order valence-electron chi connectivity index (χ0n) is 19.3. The first-order valence-electron chi connectivity index (χ1n) is 11.4. The Labute approximate surface area is 194 Å². The Morgan fingerprint density at radius 1 is 1.00 bits per heavy atom. The summed E-state index contributed by atoms with van der Waals surface area (Å²) in [5.74, 6) is -1.98. The summed E-state index contributed by atoms with van der Waals surface area (Å²) in [7, 11) is 0. The fourth-order valence-corrected chi connectivity index (χ4v) is 4.05. The van der Waals surface area contributed by atoms with Crippen molar-refractivity contribution in [2.45, 2.75) is 45.6 Å². The number of carbonyl (C=O) groups excluding carboxylic acids is 2. The fourth-order valence-electron chi connectivity index (χ4n) is 4.05. The molecule has 2 amide bonds. The molecule has 7 nitrogen and oxygen atoms in total. The molecule has 0 fully saturated rings. The van der Waals surface area contributed by atoms with Crippen LogP contribution in [0.1, 0.15) is 50.7 Å². The number of aliphatic carboxylic acids is 1. The van der Waals surface area contributed by atoms with Crippen LogP contribution in [0.25, 0.3) is 11.1 Å². The highest BCUT2D eigenvalue weighted by molar-refractivity contribution is 5.86. The van der Waals surface area contributed by atoms with E-state index < -0.39 is 29.9 Å². The third kappa shape index (κ3) is 5.92. The van der Waals surface area contributed by atoms with Crippen LogP contribution in [-0.2, 0) is 14.3 Å². The number of ether oxygens (including phenoxy) is 1. The van der Waals surface area contributed by atoms with Crippen molar-refractivity contribution in [2.24, 2.45) is 11.8 Å². The van der Waals surface area contributed by atoms with Gasteiger partial charge in [-0.2, -0.15) is 0 Å². The van der Waals surface area contributed by atoms with Gasteiger partial charge >= 0.3 is 12.1 Å². The number of fused-ring (bicyclic) bond motifs is 3. The van der Waals surface area contributed by atoms with Crippen LogP contribution in [0.15, 0.2) is 48.5 Å². The molecule has 0 saturated carbocycles. The number of rotatable bonds is 10. The maximum atomic E-state index is 12.7. The van der Waals surface area contributed by atoms with Gasteiger partial charge in [0.1, 0.15) is 12.6 Å². The van der Waals surface area contributed by atoms with Gasteiger partial charge in [0.2, 0.25) is 5.91 Å². The second-order valence-electron chi connectivity index (χ2n) is 8.76. The number of hydrogen-bond donors (Lipinski definition) is 3. The first-order chi connectivity index (χ1) is 15.8. The Morgan fingerprint density at radius 2 is 1.58 bits per heavy atom. The Kier molecular flexibility index (Phi) is 8.09. The number of nitrogens with one attached hydrogen (secondary N) is 2. The van der Waals surface area contributed by atoms with E-state index in [1.165, 1.54) is 6.92 Å². The van der Waals surface area contributed by atoms with Crippen LogP contribution in [0.4, 0.5) is 4.79 Å². The lowest BCUT2D eigenvalue weighted by Crippen LogP contribution is -2.49. The van der Waals surface area contributed by atoms with Crippen LogP contribution < -0.4 is 10.6 Å². The quantitative estimate of drug-likeness (QED) is 0.502. The summed E-state index contributed by atoms with van der Waals surface area (Å²) in [5.41, 5.74) is 4.51. The first-order valence-corrected chi connectivity index (χ1v) is 11.4. The van der Waals surface area contributed by atoms with Gasteiger partial charge in [0.15, 0.2) is 0 Å². The number of carboxylic acid groups (broad SMARTS) is 1. The molecule has 0 radical (unpaired) electrons. The van der Waals surface area contributed by atoms with Gasteiger partial charge in [-0.15, -0.1) is 0 Å². The zero-order valence-corrected chi connectivity index (χ0v) is 19.3. The third-order valence-corrected chi connectivity index (χ3v) is 6.29. The van der Waals surface area contributed by atoms with E-state index in [-0.39, 0.29) is 25.0 Å². The van der Waals surface area contributed by atoms with Gasteiger partial charge < -0.3 is 20.5 Å². The molecule has 0 saturated heterocycles. The fraction of sp³-hybridized carbons (Fsp3) is 0.423. The molecule has 2 aromatic rings. The molecular weight excluding hydrogens is 420 g/mol. The van der Waals surface area contributed by atoms with E-state index in [2.05, 4.69) is 22.8 Å². The van der Waals surface area contributed by atoms with Crippen LogP contribution in [0.5, 0.6) is 0 Å². The van der Waals surface area contributed by atoms with Crippen LogP contribution in [0.2, 0.25) is 0 Å². The van der Waals surface area contributed by atoms with Gasteiger partial charge in [0.25, 0.3) is 0 Å². The molecule has 1 aliphatic rings. The zero-order chi connectivity index (χ0) is 24.0. The second-order valence-corrected chi connectivity index (χ2v) is 8.76. The molecule has 3 unspecified atom stereocenters. The van der Waals surface area contributed by atoms with Crippen molar-refractivity contribution < 1.29 is 24.2 Å². The topological polar surface area (TPSA) is 105 Å². The molecule has 2 aromatic carbocycles. The summed E-state index contributed by atoms with van der Waals surface area (Å²) >= 11 is 0. The van der Waals surface area contributed by atoms with E-state index in [4.69, 9.17) is 9.84 Å². The van der Waals surface area contributed by atoms with E-state index in [0.29, 0.717) is 6.42 Å². The van der Waals surface area contributed by atoms with E-state index >= 15 is 0 Å². The standard InChI is InChI=1S/C26H32N2O5/c1-4-16(2)13-23(24(29)27-14-17(3)25(30)31)28-26(32)33-15-22-20-11-7-5-9-18(20)19-10-6-8-12-21(19)22/h5-12,16-17,22-23H,4,13-15H2,1-3H3,(H,27,29)(H,28,32)(H,30,31). The molecule has 33 heavy (non-hydrogen) atoms. The lowest BCUT2D eigenvalue weighted by molar-refractivity contribution is -0.141. The molecular formula is C26H32N2O5. The van der Waals surface area contributed by atoms with Gasteiger partial charge in [-0.25, -0.2) is 4.79 Å². The molecule has 7 heteroatoms. The number of amides is 2. The van der Waals surface area contributed by atoms with E-state index in [0.717, 1.165) is 28.7 Å². The number of carbonyl (C=O) groups is 3. The summed E-state index contributed by atoms with van der Waals surface area (Å²) in [5, 5.41) is 14.4. The molecule has 176 valence electrons. The van der Waals surface area contributed by atoms with Gasteiger partial charge in [-0.1, -0.05) is 75.7 Å². The Balaban J connectivity index is 1.64. The molecule has 3 N–H and O–H groups in total. The summed E-state index contributed by atoms with van der Waals surface area (Å²) in [6, 6.07) is 15.4. The van der Waals surface area contributed by atoms with E-state index in [1.807, 2.05) is 50.2 Å². The van der Waals surface area contributed by atoms with Gasteiger partial charge in [0.05, 0.1) is 5.92 Å². The largest absolute Gasteiger partial charge is 0.481 e. The third-order valence-electron chi connectivity index (χ3n) is 6.29. The van der Waals surface area contributed by atoms with Gasteiger partial charge in [0, 0.05) is 12.5 Å². The minimum atomic E-state index is -0.988. The maximum Gasteiger partial charge on any atom is 0.407 e. The number of alkyl carbamates (subject to hydrolysis) is 1. The SMILES string of the molecule is CCC(C)CC(NC(=O)OCC1c2ccccc2-c2ccccc21)C(=O)NCC(C)C(=O)O. The van der Waals surface area contributed by atoms with Crippen LogP contribution >= 0.6 is 0 Å². The number of benzene rings is 2. The minimum Gasteiger partial charge on any atom is -0.481 e. The second kappa shape index (κ2) is 11.0. The highest BCUT2D eigenvalue weighted by atomic mass is 16.5. The Bertz CT molecular complexity index is 960. The maximum absolute atomic E-state index is 12.7. The average molecular weight is 453 g/mol. The molecule has 0 spiro atoms. The smallest absolute Gasteiger partial charge is 0.407 e. The van der Waals surface area contributed by atoms with Crippen LogP contribution in [0, 0.1) is 11.8 Å². The van der Waals surface area contributed by atoms with Crippen molar-refractivity contribution in [3.63, 3.8) is 0 Å². The van der Waals surface area contributed by atoms with Crippen molar-refractivity contribution in [1.29, 1.82) is 0 Å². The molecule has 0 aliphatic heterocycles. The summed E-state index contributed by atoms with van der Waals surface area (Å²) < 4.78 is 5.58. The predicted octanol–water partition coefficient (Wildman–Crippen LogP) is 4.17. The molecule has 0 bridgehead atoms. The molecule has 0 aromatic heterocycles. The Morgan fingerprint density at radius 3 is 2.12 bits per heavy atom. The predicted molar refractivity (Wildman–Crippen MR) is 126 cm³/mol. The van der Waals surface area contributed by atoms with Crippen molar-refractivity contribution >= 4 is 18.0 Å². The van der Waals surface area contributed by atoms with Gasteiger partial charge in [-0.05, 0) is 34.6 Å². The minimum absolute atomic E-state index is 0.00244. The van der Waals surface area contributed by atoms with Crippen molar-refractivity contribution in [3.05, 3.63) is 59.7 Å². The molecule has 0 heterocycles. The number of hydrogen-bond acceptors (Lipinski definition) is 4. The highest BCUT2D eigenvalue weighted by Crippen LogP contribution is 2.44. The summed E-state index contributed by atoms with van der Waals surface area (Å²) in [4.78, 5) is 36.3. The van der Waals surface area contributed by atoms with Crippen LogP contribution in [0.3, 0.4) is 0 Å². The van der Waals surface area contributed by atoms with Crippen molar-refractivity contribution in [2.75, 3.05) is 13.2 Å². The first kappa shape index (κ1) is 24.3. The molecule has 3 rings (SSSR count). The van der Waals surface area contributed by atoms with Crippen LogP contribution in [-0.4, -0.2) is 42.3 Å². The lowest BCUT2D eigenvalue weighted by Gasteiger charge is -2.22. The number of carboxylic acids is 1. The summed E-state index contributed by atoms with van der Waals surface area (Å²) in [6.07, 6.45) is 0.627. The van der Waals surface area contributed by atoms with E-state index in [9.17, 15) is 14.4 Å².